The minimum Gasteiger partial charge on any atom is -0.319 e. The summed E-state index contributed by atoms with van der Waals surface area (Å²) in [4.78, 5) is 3.86. The first kappa shape index (κ1) is 7.50. The van der Waals surface area contributed by atoms with Crippen molar-refractivity contribution in [1.82, 2.24) is 15.2 Å². The predicted octanol–water partition coefficient (Wildman–Crippen LogP) is 0.652. The maximum absolute atomic E-state index is 5.68. The summed E-state index contributed by atoms with van der Waals surface area (Å²) < 4.78 is 0. The molecular weight excluding hydrogens is 152 g/mol. The van der Waals surface area contributed by atoms with E-state index in [2.05, 4.69) is 15.2 Å². The maximum Gasteiger partial charge on any atom is 0.242 e. The quantitative estimate of drug-likeness (QED) is 0.634. The number of aromatic amines is 1. The third kappa shape index (κ3) is 1.46. The van der Waals surface area contributed by atoms with Crippen LogP contribution in [0.25, 0.3) is 0 Å². The highest BCUT2D eigenvalue weighted by molar-refractivity contribution is 6.28. The van der Waals surface area contributed by atoms with Gasteiger partial charge in [-0.05, 0) is 25.4 Å². The highest BCUT2D eigenvalue weighted by Crippen LogP contribution is 2.12. The number of hydrogen-bond donors (Lipinski definition) is 2. The molecule has 10 heavy (non-hydrogen) atoms. The molecule has 1 heterocycles. The average molecular weight is 161 g/mol. The molecule has 0 bridgehead atoms. The third-order valence-corrected chi connectivity index (χ3v) is 1.24. The molecule has 0 saturated heterocycles. The first-order chi connectivity index (χ1) is 4.50. The molecule has 4 nitrogen and oxygen atoms in total. The molecule has 0 aliphatic heterocycles. The lowest BCUT2D eigenvalue weighted by Gasteiger charge is -2.12. The van der Waals surface area contributed by atoms with Crippen LogP contribution < -0.4 is 5.73 Å². The topological polar surface area (TPSA) is 67.6 Å². The van der Waals surface area contributed by atoms with Gasteiger partial charge in [-0.3, -0.25) is 5.10 Å². The van der Waals surface area contributed by atoms with Crippen molar-refractivity contribution in [2.75, 3.05) is 0 Å². The summed E-state index contributed by atoms with van der Waals surface area (Å²) in [5, 5.41) is 6.46. The predicted molar refractivity (Wildman–Crippen MR) is 38.6 cm³/mol. The van der Waals surface area contributed by atoms with Gasteiger partial charge in [0.05, 0.1) is 5.54 Å². The molecule has 56 valence electrons. The van der Waals surface area contributed by atoms with E-state index in [1.165, 1.54) is 0 Å². The number of H-pyrrole nitrogens is 1. The van der Waals surface area contributed by atoms with E-state index in [0.29, 0.717) is 5.82 Å². The van der Waals surface area contributed by atoms with Gasteiger partial charge in [0.2, 0.25) is 5.28 Å². The van der Waals surface area contributed by atoms with Gasteiger partial charge < -0.3 is 5.73 Å². The summed E-state index contributed by atoms with van der Waals surface area (Å²) in [5.41, 5.74) is 5.18. The number of nitrogens with zero attached hydrogens (tertiary/aromatic N) is 2. The number of aromatic nitrogens is 3. The SMILES string of the molecule is CC(C)(N)c1nc(Cl)n[nH]1. The molecule has 3 N–H and O–H groups in total. The normalized spacial score (nSPS) is 12.0. The van der Waals surface area contributed by atoms with Crippen LogP contribution >= 0.6 is 11.6 Å². The van der Waals surface area contributed by atoms with Crippen molar-refractivity contribution in [2.24, 2.45) is 5.73 Å². The van der Waals surface area contributed by atoms with Crippen LogP contribution in [0.4, 0.5) is 0 Å². The van der Waals surface area contributed by atoms with Crippen LogP contribution in [0.3, 0.4) is 0 Å². The molecule has 1 aromatic rings. The second kappa shape index (κ2) is 2.21. The van der Waals surface area contributed by atoms with Gasteiger partial charge in [0, 0.05) is 0 Å². The molecule has 1 rings (SSSR count). The molecule has 0 aliphatic rings. The highest BCUT2D eigenvalue weighted by Gasteiger charge is 2.18. The molecule has 0 aromatic carbocycles. The number of hydrogen-bond acceptors (Lipinski definition) is 3. The monoisotopic (exact) mass is 160 g/mol. The summed E-state index contributed by atoms with van der Waals surface area (Å²) in [6.07, 6.45) is 0. The maximum atomic E-state index is 5.68. The molecule has 0 spiro atoms. The van der Waals surface area contributed by atoms with Gasteiger partial charge in [-0.15, -0.1) is 5.10 Å². The average Bonchev–Trinajstić information content (AvgIpc) is 2.11. The van der Waals surface area contributed by atoms with Crippen LogP contribution in [0.5, 0.6) is 0 Å². The Bertz CT molecular complexity index is 224. The standard InChI is InChI=1S/C5H9ClN4/c1-5(2,7)3-8-4(6)10-9-3/h7H2,1-2H3,(H,8,9,10). The molecule has 0 radical (unpaired) electrons. The van der Waals surface area contributed by atoms with Gasteiger partial charge in [-0.1, -0.05) is 0 Å². The van der Waals surface area contributed by atoms with Crippen LogP contribution in [0, 0.1) is 0 Å². The molecule has 5 heteroatoms. The lowest BCUT2D eigenvalue weighted by molar-refractivity contribution is 0.516. The number of nitrogens with two attached hydrogens (primary N) is 1. The molecular formula is C5H9ClN4. The van der Waals surface area contributed by atoms with Crippen molar-refractivity contribution in [2.45, 2.75) is 19.4 Å². The molecule has 0 amide bonds. The van der Waals surface area contributed by atoms with E-state index >= 15 is 0 Å². The van der Waals surface area contributed by atoms with Gasteiger partial charge in [0.1, 0.15) is 5.82 Å². The lowest BCUT2D eigenvalue weighted by Crippen LogP contribution is -2.30. The van der Waals surface area contributed by atoms with Crippen molar-refractivity contribution in [3.05, 3.63) is 11.1 Å². The Morgan fingerprint density at radius 3 is 2.40 bits per heavy atom. The molecule has 0 atom stereocenters. The van der Waals surface area contributed by atoms with E-state index in [9.17, 15) is 0 Å². The Morgan fingerprint density at radius 2 is 2.20 bits per heavy atom. The fourth-order valence-corrected chi connectivity index (χ4v) is 0.656. The Kier molecular flexibility index (Phi) is 1.66. The number of nitrogens with one attached hydrogen (secondary N) is 1. The number of rotatable bonds is 1. The molecule has 1 aromatic heterocycles. The lowest BCUT2D eigenvalue weighted by atomic mass is 10.1. The molecule has 0 unspecified atom stereocenters. The highest BCUT2D eigenvalue weighted by atomic mass is 35.5. The van der Waals surface area contributed by atoms with Crippen molar-refractivity contribution >= 4 is 11.6 Å². The zero-order valence-corrected chi connectivity index (χ0v) is 6.61. The van der Waals surface area contributed by atoms with E-state index in [0.717, 1.165) is 0 Å². The summed E-state index contributed by atoms with van der Waals surface area (Å²) in [5.74, 6) is 0.595. The molecule has 0 fully saturated rings. The fourth-order valence-electron chi connectivity index (χ4n) is 0.529. The third-order valence-electron chi connectivity index (χ3n) is 1.07. The summed E-state index contributed by atoms with van der Waals surface area (Å²) in [7, 11) is 0. The van der Waals surface area contributed by atoms with E-state index < -0.39 is 5.54 Å². The molecule has 0 saturated carbocycles. The van der Waals surface area contributed by atoms with Crippen molar-refractivity contribution in [3.63, 3.8) is 0 Å². The minimum atomic E-state index is -0.500. The summed E-state index contributed by atoms with van der Waals surface area (Å²) in [6, 6.07) is 0. The summed E-state index contributed by atoms with van der Waals surface area (Å²) >= 11 is 5.46. The largest absolute Gasteiger partial charge is 0.319 e. The number of halogens is 1. The van der Waals surface area contributed by atoms with Crippen LogP contribution in [0.2, 0.25) is 5.28 Å². The van der Waals surface area contributed by atoms with Gasteiger partial charge in [0.25, 0.3) is 0 Å². The van der Waals surface area contributed by atoms with E-state index in [-0.39, 0.29) is 5.28 Å². The van der Waals surface area contributed by atoms with Crippen LogP contribution in [-0.2, 0) is 5.54 Å². The second-order valence-corrected chi connectivity index (χ2v) is 3.01. The van der Waals surface area contributed by atoms with Gasteiger partial charge in [-0.25, -0.2) is 4.98 Å². The van der Waals surface area contributed by atoms with Crippen LogP contribution in [-0.4, -0.2) is 15.2 Å². The zero-order valence-electron chi connectivity index (χ0n) is 5.85. The smallest absolute Gasteiger partial charge is 0.242 e. The Balaban J connectivity index is 2.96. The van der Waals surface area contributed by atoms with Crippen LogP contribution in [0.1, 0.15) is 19.7 Å². The van der Waals surface area contributed by atoms with Crippen molar-refractivity contribution < 1.29 is 0 Å². The first-order valence-corrected chi connectivity index (χ1v) is 3.25. The second-order valence-electron chi connectivity index (χ2n) is 2.67. The van der Waals surface area contributed by atoms with Gasteiger partial charge in [-0.2, -0.15) is 0 Å². The van der Waals surface area contributed by atoms with Gasteiger partial charge in [0.15, 0.2) is 0 Å². The fraction of sp³-hybridized carbons (Fsp3) is 0.600. The Hall–Kier alpha value is -0.610. The van der Waals surface area contributed by atoms with E-state index in [1.54, 1.807) is 0 Å². The van der Waals surface area contributed by atoms with Crippen LogP contribution in [0.15, 0.2) is 0 Å². The van der Waals surface area contributed by atoms with E-state index in [1.807, 2.05) is 13.8 Å². The Morgan fingerprint density at radius 1 is 1.60 bits per heavy atom. The summed E-state index contributed by atoms with van der Waals surface area (Å²) in [6.45, 7) is 3.65. The van der Waals surface area contributed by atoms with Gasteiger partial charge >= 0.3 is 0 Å². The first-order valence-electron chi connectivity index (χ1n) is 2.87. The molecule has 0 aliphatic carbocycles. The zero-order chi connectivity index (χ0) is 7.78. The Labute approximate surface area is 63.8 Å². The minimum absolute atomic E-state index is 0.202. The van der Waals surface area contributed by atoms with E-state index in [4.69, 9.17) is 17.3 Å². The van der Waals surface area contributed by atoms with Crippen molar-refractivity contribution in [1.29, 1.82) is 0 Å². The van der Waals surface area contributed by atoms with Crippen molar-refractivity contribution in [3.8, 4) is 0 Å².